The maximum absolute atomic E-state index is 12.7. The van der Waals surface area contributed by atoms with Gasteiger partial charge in [-0.1, -0.05) is 17.7 Å². The first kappa shape index (κ1) is 20.4. The molecule has 1 aromatic carbocycles. The lowest BCUT2D eigenvalue weighted by Gasteiger charge is -2.22. The van der Waals surface area contributed by atoms with Gasteiger partial charge in [0, 0.05) is 35.6 Å². The van der Waals surface area contributed by atoms with E-state index in [0.29, 0.717) is 20.5 Å². The predicted molar refractivity (Wildman–Crippen MR) is 118 cm³/mol. The number of benzene rings is 1. The van der Waals surface area contributed by atoms with Crippen LogP contribution < -0.4 is 16.2 Å². The van der Waals surface area contributed by atoms with Gasteiger partial charge in [-0.05, 0) is 61.7 Å². The second kappa shape index (κ2) is 8.85. The molecule has 0 radical (unpaired) electrons. The Morgan fingerprint density at radius 1 is 0.933 bits per heavy atom. The van der Waals surface area contributed by atoms with Gasteiger partial charge < -0.3 is 10.6 Å². The number of aromatic nitrogens is 1. The smallest absolute Gasteiger partial charge is 0.261 e. The molecule has 1 aliphatic rings. The van der Waals surface area contributed by atoms with Gasteiger partial charge in [0.25, 0.3) is 17.4 Å². The molecule has 3 aromatic rings. The van der Waals surface area contributed by atoms with Crippen molar-refractivity contribution < 1.29 is 9.59 Å². The Bertz CT molecular complexity index is 1120. The van der Waals surface area contributed by atoms with Crippen LogP contribution in [0.1, 0.15) is 39.3 Å². The number of nitrogens with zero attached hydrogens (tertiary/aromatic N) is 1. The summed E-state index contributed by atoms with van der Waals surface area (Å²) in [5.41, 5.74) is 1.06. The summed E-state index contributed by atoms with van der Waals surface area (Å²) in [7, 11) is 0. The number of hydrogen-bond acceptors (Lipinski definition) is 4. The Hall–Kier alpha value is -2.90. The third-order valence-corrected chi connectivity index (χ3v) is 6.41. The highest BCUT2D eigenvalue weighted by molar-refractivity contribution is 7.18. The van der Waals surface area contributed by atoms with Crippen LogP contribution in [0.5, 0.6) is 0 Å². The average Bonchev–Trinajstić information content (AvgIpc) is 3.37. The van der Waals surface area contributed by atoms with Crippen molar-refractivity contribution in [3.05, 3.63) is 85.9 Å². The fraction of sp³-hybridized carbons (Fsp3) is 0.227. The molecule has 4 rings (SSSR count). The van der Waals surface area contributed by atoms with Crippen LogP contribution in [-0.2, 0) is 0 Å². The monoisotopic (exact) mass is 441 g/mol. The summed E-state index contributed by atoms with van der Waals surface area (Å²) in [6.45, 7) is 0. The number of hydrogen-bond donors (Lipinski definition) is 2. The molecule has 8 heteroatoms. The van der Waals surface area contributed by atoms with E-state index in [9.17, 15) is 14.4 Å². The first-order valence-electron chi connectivity index (χ1n) is 9.66. The van der Waals surface area contributed by atoms with Gasteiger partial charge in [-0.3, -0.25) is 19.0 Å². The summed E-state index contributed by atoms with van der Waals surface area (Å²) < 4.78 is 2.08. The minimum Gasteiger partial charge on any atom is -0.347 e. The van der Waals surface area contributed by atoms with Crippen molar-refractivity contribution in [3.8, 4) is 5.69 Å². The minimum absolute atomic E-state index is 0.121. The topological polar surface area (TPSA) is 80.2 Å². The molecule has 2 atom stereocenters. The summed E-state index contributed by atoms with van der Waals surface area (Å²) in [5, 5.41) is 6.05. The molecule has 2 aromatic heterocycles. The molecule has 0 aliphatic heterocycles. The van der Waals surface area contributed by atoms with E-state index in [1.807, 2.05) is 0 Å². The summed E-state index contributed by atoms with van der Waals surface area (Å²) in [5.74, 6) is -0.372. The Morgan fingerprint density at radius 2 is 1.63 bits per heavy atom. The molecular weight excluding hydrogens is 422 g/mol. The normalized spacial score (nSPS) is 18.2. The Balaban J connectivity index is 1.41. The van der Waals surface area contributed by atoms with Gasteiger partial charge in [-0.25, -0.2) is 0 Å². The second-order valence-corrected chi connectivity index (χ2v) is 8.87. The second-order valence-electron chi connectivity index (χ2n) is 7.15. The quantitative estimate of drug-likeness (QED) is 0.634. The van der Waals surface area contributed by atoms with E-state index >= 15 is 0 Å². The molecule has 1 saturated carbocycles. The molecule has 6 nitrogen and oxygen atoms in total. The van der Waals surface area contributed by atoms with E-state index in [4.69, 9.17) is 11.6 Å². The van der Waals surface area contributed by atoms with E-state index in [-0.39, 0.29) is 29.5 Å². The minimum atomic E-state index is -0.202. The number of nitrogens with one attached hydrogen (secondary N) is 2. The predicted octanol–water partition coefficient (Wildman–Crippen LogP) is 3.63. The molecule has 1 unspecified atom stereocenters. The molecule has 30 heavy (non-hydrogen) atoms. The van der Waals surface area contributed by atoms with E-state index in [1.165, 1.54) is 22.0 Å². The van der Waals surface area contributed by atoms with E-state index in [2.05, 4.69) is 10.6 Å². The average molecular weight is 442 g/mol. The Labute approximate surface area is 182 Å². The van der Waals surface area contributed by atoms with Crippen molar-refractivity contribution in [2.45, 2.75) is 31.3 Å². The first-order chi connectivity index (χ1) is 14.5. The van der Waals surface area contributed by atoms with Crippen LogP contribution in [0.2, 0.25) is 4.34 Å². The van der Waals surface area contributed by atoms with Gasteiger partial charge in [0.05, 0.1) is 9.21 Å². The van der Waals surface area contributed by atoms with Gasteiger partial charge in [-0.15, -0.1) is 11.3 Å². The maximum Gasteiger partial charge on any atom is 0.261 e. The van der Waals surface area contributed by atoms with Crippen molar-refractivity contribution in [2.75, 3.05) is 0 Å². The number of pyridine rings is 1. The van der Waals surface area contributed by atoms with Crippen LogP contribution in [0.4, 0.5) is 0 Å². The largest absolute Gasteiger partial charge is 0.347 e. The highest BCUT2D eigenvalue weighted by atomic mass is 35.5. The molecule has 0 saturated heterocycles. The summed E-state index contributed by atoms with van der Waals surface area (Å²) in [6, 6.07) is 15.0. The van der Waals surface area contributed by atoms with Gasteiger partial charge in [0.1, 0.15) is 0 Å². The Morgan fingerprint density at radius 3 is 2.27 bits per heavy atom. The van der Waals surface area contributed by atoms with Crippen molar-refractivity contribution in [2.24, 2.45) is 0 Å². The first-order valence-corrected chi connectivity index (χ1v) is 10.9. The molecule has 1 aliphatic carbocycles. The van der Waals surface area contributed by atoms with Gasteiger partial charge >= 0.3 is 0 Å². The fourth-order valence-corrected chi connectivity index (χ4v) is 4.59. The number of amides is 2. The van der Waals surface area contributed by atoms with E-state index in [0.717, 1.165) is 19.3 Å². The zero-order chi connectivity index (χ0) is 21.1. The van der Waals surface area contributed by atoms with Gasteiger partial charge in [0.2, 0.25) is 0 Å². The summed E-state index contributed by atoms with van der Waals surface area (Å²) >= 11 is 7.14. The Kier molecular flexibility index (Phi) is 6.01. The van der Waals surface area contributed by atoms with Crippen molar-refractivity contribution in [1.82, 2.24) is 15.2 Å². The van der Waals surface area contributed by atoms with Gasteiger partial charge in [0.15, 0.2) is 0 Å². The summed E-state index contributed by atoms with van der Waals surface area (Å²) in [6.07, 6.45) is 4.23. The molecule has 2 heterocycles. The molecule has 0 bridgehead atoms. The fourth-order valence-electron chi connectivity index (χ4n) is 3.65. The maximum atomic E-state index is 12.7. The van der Waals surface area contributed by atoms with Crippen LogP contribution in [0.3, 0.4) is 0 Å². The molecule has 2 N–H and O–H groups in total. The third kappa shape index (κ3) is 4.47. The zero-order valence-electron chi connectivity index (χ0n) is 16.0. The summed E-state index contributed by atoms with van der Waals surface area (Å²) in [4.78, 5) is 37.6. The zero-order valence-corrected chi connectivity index (χ0v) is 17.6. The molecule has 154 valence electrons. The number of halogens is 1. The molecule has 0 spiro atoms. The molecule has 2 amide bonds. The number of rotatable bonds is 5. The van der Waals surface area contributed by atoms with Crippen molar-refractivity contribution in [3.63, 3.8) is 0 Å². The van der Waals surface area contributed by atoms with Crippen LogP contribution in [-0.4, -0.2) is 28.5 Å². The lowest BCUT2D eigenvalue weighted by Crippen LogP contribution is -2.48. The van der Waals surface area contributed by atoms with Crippen molar-refractivity contribution in [1.29, 1.82) is 0 Å². The van der Waals surface area contributed by atoms with E-state index in [1.54, 1.807) is 54.7 Å². The molecule has 1 fully saturated rings. The third-order valence-electron chi connectivity index (χ3n) is 5.18. The molecular formula is C22H20ClN3O3S. The lowest BCUT2D eigenvalue weighted by molar-refractivity contribution is 0.0894. The SMILES string of the molecule is O=C(N[C@H]1CCCC1NC(=O)c1ccc(Cl)s1)c1ccc(-n2ccccc2=O)cc1. The van der Waals surface area contributed by atoms with Crippen molar-refractivity contribution >= 4 is 34.8 Å². The van der Waals surface area contributed by atoms with E-state index < -0.39 is 0 Å². The highest BCUT2D eigenvalue weighted by Gasteiger charge is 2.30. The van der Waals surface area contributed by atoms with Gasteiger partial charge in [-0.2, -0.15) is 0 Å². The number of carbonyl (C=O) groups excluding carboxylic acids is 2. The van der Waals surface area contributed by atoms with Crippen LogP contribution >= 0.6 is 22.9 Å². The highest BCUT2D eigenvalue weighted by Crippen LogP contribution is 2.24. The van der Waals surface area contributed by atoms with Crippen LogP contribution in [0, 0.1) is 0 Å². The number of carbonyl (C=O) groups is 2. The number of thiophene rings is 1. The standard InChI is InChI=1S/C22H20ClN3O3S/c23-19-12-11-18(30-19)22(29)25-17-5-3-4-16(17)24-21(28)14-7-9-15(10-8-14)26-13-2-1-6-20(26)27/h1-2,6-13,16-17H,3-5H2,(H,24,28)(H,25,29)/t16-,17?/m0/s1. The lowest BCUT2D eigenvalue weighted by atomic mass is 10.1. The van der Waals surface area contributed by atoms with Crippen LogP contribution in [0.25, 0.3) is 5.69 Å². The van der Waals surface area contributed by atoms with Crippen LogP contribution in [0.15, 0.2) is 65.6 Å².